The Bertz CT molecular complexity index is 374. The Balaban J connectivity index is 1.96. The van der Waals surface area contributed by atoms with Gasteiger partial charge in [-0.1, -0.05) is 28.1 Å². The predicted octanol–water partition coefficient (Wildman–Crippen LogP) is 3.37. The van der Waals surface area contributed by atoms with Gasteiger partial charge in [0, 0.05) is 30.3 Å². The number of rotatable bonds is 3. The molecule has 0 amide bonds. The molecule has 1 aliphatic heterocycles. The third-order valence-corrected chi connectivity index (χ3v) is 4.36. The van der Waals surface area contributed by atoms with Crippen LogP contribution in [0.5, 0.6) is 0 Å². The zero-order valence-corrected chi connectivity index (χ0v) is 12.2. The lowest BCUT2D eigenvalue weighted by atomic mass is 10.1. The van der Waals surface area contributed by atoms with Gasteiger partial charge >= 0.3 is 0 Å². The number of ether oxygens (including phenoxy) is 1. The summed E-state index contributed by atoms with van der Waals surface area (Å²) in [6.45, 7) is 4.99. The summed E-state index contributed by atoms with van der Waals surface area (Å²) in [7, 11) is 2.22. The number of nitrogens with zero attached hydrogens (tertiary/aromatic N) is 1. The van der Waals surface area contributed by atoms with Crippen molar-refractivity contribution in [2.75, 3.05) is 20.3 Å². The zero-order valence-electron chi connectivity index (χ0n) is 10.6. The van der Waals surface area contributed by atoms with Crippen LogP contribution in [0.15, 0.2) is 22.7 Å². The highest BCUT2D eigenvalue weighted by Gasteiger charge is 2.18. The number of aryl methyl sites for hydroxylation is 1. The van der Waals surface area contributed by atoms with Crippen molar-refractivity contribution in [2.45, 2.75) is 32.4 Å². The first-order valence-corrected chi connectivity index (χ1v) is 6.99. The fraction of sp³-hybridized carbons (Fsp3) is 0.571. The molecule has 1 heterocycles. The van der Waals surface area contributed by atoms with E-state index in [2.05, 4.69) is 53.0 Å². The van der Waals surface area contributed by atoms with Crippen LogP contribution < -0.4 is 0 Å². The minimum atomic E-state index is 0.674. The van der Waals surface area contributed by atoms with E-state index in [1.54, 1.807) is 0 Å². The van der Waals surface area contributed by atoms with Gasteiger partial charge in [0.1, 0.15) is 0 Å². The van der Waals surface area contributed by atoms with Gasteiger partial charge in [-0.05, 0) is 44.0 Å². The highest BCUT2D eigenvalue weighted by molar-refractivity contribution is 9.10. The van der Waals surface area contributed by atoms with Gasteiger partial charge in [-0.25, -0.2) is 0 Å². The van der Waals surface area contributed by atoms with Gasteiger partial charge in [-0.15, -0.1) is 0 Å². The molecule has 1 aromatic rings. The van der Waals surface area contributed by atoms with E-state index in [1.807, 2.05) is 0 Å². The molecule has 2 rings (SSSR count). The van der Waals surface area contributed by atoms with Gasteiger partial charge in [0.05, 0.1) is 0 Å². The Hall–Kier alpha value is -0.380. The molecule has 0 aliphatic carbocycles. The topological polar surface area (TPSA) is 12.5 Å². The molecule has 0 unspecified atom stereocenters. The summed E-state index contributed by atoms with van der Waals surface area (Å²) in [4.78, 5) is 2.45. The molecular formula is C14H20BrNO. The van der Waals surface area contributed by atoms with Crippen LogP contribution >= 0.6 is 15.9 Å². The molecule has 1 aromatic carbocycles. The lowest BCUT2D eigenvalue weighted by molar-refractivity contribution is 0.0407. The number of hydrogen-bond donors (Lipinski definition) is 0. The first kappa shape index (κ1) is 13.1. The summed E-state index contributed by atoms with van der Waals surface area (Å²) in [5, 5.41) is 0. The van der Waals surface area contributed by atoms with Crippen molar-refractivity contribution < 1.29 is 4.74 Å². The van der Waals surface area contributed by atoms with E-state index in [9.17, 15) is 0 Å². The monoisotopic (exact) mass is 297 g/mol. The van der Waals surface area contributed by atoms with Crippen molar-refractivity contribution in [3.63, 3.8) is 0 Å². The lowest BCUT2D eigenvalue weighted by Gasteiger charge is -2.31. The van der Waals surface area contributed by atoms with Gasteiger partial charge in [0.2, 0.25) is 0 Å². The molecule has 0 bridgehead atoms. The van der Waals surface area contributed by atoms with E-state index in [4.69, 9.17) is 4.74 Å². The molecular weight excluding hydrogens is 278 g/mol. The summed E-state index contributed by atoms with van der Waals surface area (Å²) in [6.07, 6.45) is 2.32. The van der Waals surface area contributed by atoms with E-state index < -0.39 is 0 Å². The summed E-state index contributed by atoms with van der Waals surface area (Å²) in [6, 6.07) is 7.28. The highest BCUT2D eigenvalue weighted by atomic mass is 79.9. The van der Waals surface area contributed by atoms with Crippen molar-refractivity contribution >= 4 is 15.9 Å². The largest absolute Gasteiger partial charge is 0.381 e. The second-order valence-electron chi connectivity index (χ2n) is 4.84. The van der Waals surface area contributed by atoms with E-state index in [1.165, 1.54) is 15.6 Å². The van der Waals surface area contributed by atoms with Gasteiger partial charge in [-0.3, -0.25) is 4.90 Å². The Morgan fingerprint density at radius 1 is 1.35 bits per heavy atom. The second kappa shape index (κ2) is 5.98. The molecule has 0 N–H and O–H groups in total. The highest BCUT2D eigenvalue weighted by Crippen LogP contribution is 2.20. The minimum absolute atomic E-state index is 0.674. The Morgan fingerprint density at radius 2 is 2.06 bits per heavy atom. The number of benzene rings is 1. The van der Waals surface area contributed by atoms with Crippen LogP contribution in [0.1, 0.15) is 24.0 Å². The maximum Gasteiger partial charge on any atom is 0.0480 e. The van der Waals surface area contributed by atoms with Crippen molar-refractivity contribution in [3.05, 3.63) is 33.8 Å². The molecule has 1 fully saturated rings. The second-order valence-corrected chi connectivity index (χ2v) is 5.70. The fourth-order valence-corrected chi connectivity index (χ4v) is 2.59. The van der Waals surface area contributed by atoms with Gasteiger partial charge < -0.3 is 4.74 Å². The SMILES string of the molecule is Cc1cc(CN(C)C2CCOCC2)ccc1Br. The summed E-state index contributed by atoms with van der Waals surface area (Å²) in [5.41, 5.74) is 2.70. The standard InChI is InChI=1S/C14H20BrNO/c1-11-9-12(3-4-14(11)15)10-16(2)13-5-7-17-8-6-13/h3-4,9,13H,5-8,10H2,1-2H3. The maximum absolute atomic E-state index is 5.40. The van der Waals surface area contributed by atoms with Crippen LogP contribution in [0.2, 0.25) is 0 Å². The maximum atomic E-state index is 5.40. The molecule has 1 saturated heterocycles. The zero-order chi connectivity index (χ0) is 12.3. The van der Waals surface area contributed by atoms with Crippen LogP contribution in [0.4, 0.5) is 0 Å². The molecule has 94 valence electrons. The van der Waals surface area contributed by atoms with E-state index in [0.29, 0.717) is 6.04 Å². The van der Waals surface area contributed by atoms with E-state index in [-0.39, 0.29) is 0 Å². The van der Waals surface area contributed by atoms with Crippen LogP contribution in [0.3, 0.4) is 0 Å². The molecule has 17 heavy (non-hydrogen) atoms. The summed E-state index contributed by atoms with van der Waals surface area (Å²) < 4.78 is 6.59. The molecule has 2 nitrogen and oxygen atoms in total. The third kappa shape index (κ3) is 3.54. The third-order valence-electron chi connectivity index (χ3n) is 3.47. The van der Waals surface area contributed by atoms with Gasteiger partial charge in [0.15, 0.2) is 0 Å². The van der Waals surface area contributed by atoms with E-state index >= 15 is 0 Å². The summed E-state index contributed by atoms with van der Waals surface area (Å²) >= 11 is 3.54. The van der Waals surface area contributed by atoms with Crippen molar-refractivity contribution in [1.82, 2.24) is 4.90 Å². The van der Waals surface area contributed by atoms with Crippen molar-refractivity contribution in [2.24, 2.45) is 0 Å². The average Bonchev–Trinajstić information content (AvgIpc) is 2.35. The predicted molar refractivity (Wildman–Crippen MR) is 74.2 cm³/mol. The van der Waals surface area contributed by atoms with Crippen molar-refractivity contribution in [1.29, 1.82) is 0 Å². The first-order chi connectivity index (χ1) is 8.16. The van der Waals surface area contributed by atoms with Gasteiger partial charge in [-0.2, -0.15) is 0 Å². The quantitative estimate of drug-likeness (QED) is 0.848. The van der Waals surface area contributed by atoms with E-state index in [0.717, 1.165) is 32.6 Å². The molecule has 1 aliphatic rings. The first-order valence-electron chi connectivity index (χ1n) is 6.20. The molecule has 0 spiro atoms. The molecule has 0 saturated carbocycles. The Kier molecular flexibility index (Phi) is 4.60. The van der Waals surface area contributed by atoms with Crippen LogP contribution in [0.25, 0.3) is 0 Å². The Labute approximate surface area is 112 Å². The van der Waals surface area contributed by atoms with Crippen LogP contribution in [0, 0.1) is 6.92 Å². The molecule has 3 heteroatoms. The van der Waals surface area contributed by atoms with Crippen LogP contribution in [-0.4, -0.2) is 31.2 Å². The smallest absolute Gasteiger partial charge is 0.0480 e. The summed E-state index contributed by atoms with van der Waals surface area (Å²) in [5.74, 6) is 0. The van der Waals surface area contributed by atoms with Crippen molar-refractivity contribution in [3.8, 4) is 0 Å². The van der Waals surface area contributed by atoms with Crippen LogP contribution in [-0.2, 0) is 11.3 Å². The Morgan fingerprint density at radius 3 is 2.71 bits per heavy atom. The molecule has 0 aromatic heterocycles. The molecule has 0 radical (unpaired) electrons. The minimum Gasteiger partial charge on any atom is -0.381 e. The average molecular weight is 298 g/mol. The molecule has 0 atom stereocenters. The van der Waals surface area contributed by atoms with Gasteiger partial charge in [0.25, 0.3) is 0 Å². The lowest BCUT2D eigenvalue weighted by Crippen LogP contribution is -2.36. The number of halogens is 1. The fourth-order valence-electron chi connectivity index (χ4n) is 2.35. The number of hydrogen-bond acceptors (Lipinski definition) is 2. The normalized spacial score (nSPS) is 17.6.